The van der Waals surface area contributed by atoms with E-state index < -0.39 is 0 Å². The summed E-state index contributed by atoms with van der Waals surface area (Å²) in [5.41, 5.74) is 2.84. The molecule has 0 aliphatic carbocycles. The van der Waals surface area contributed by atoms with Gasteiger partial charge in [0.05, 0.1) is 18.0 Å². The SMILES string of the molecule is OCc1cc(Cc2ccncc2)n[nH]1. The van der Waals surface area contributed by atoms with Crippen LogP contribution in [0.3, 0.4) is 0 Å². The first-order valence-corrected chi connectivity index (χ1v) is 4.41. The molecule has 14 heavy (non-hydrogen) atoms. The van der Waals surface area contributed by atoms with Crippen LogP contribution in [0.1, 0.15) is 17.0 Å². The highest BCUT2D eigenvalue weighted by Crippen LogP contribution is 2.06. The zero-order valence-electron chi connectivity index (χ0n) is 7.64. The number of aromatic nitrogens is 3. The molecule has 0 aliphatic rings. The zero-order valence-corrected chi connectivity index (χ0v) is 7.64. The molecule has 0 atom stereocenters. The number of rotatable bonds is 3. The first-order chi connectivity index (χ1) is 6.88. The summed E-state index contributed by atoms with van der Waals surface area (Å²) < 4.78 is 0. The highest BCUT2D eigenvalue weighted by Gasteiger charge is 2.00. The Morgan fingerprint density at radius 3 is 2.71 bits per heavy atom. The van der Waals surface area contributed by atoms with E-state index in [1.807, 2.05) is 18.2 Å². The second-order valence-electron chi connectivity index (χ2n) is 3.07. The van der Waals surface area contributed by atoms with E-state index in [4.69, 9.17) is 5.11 Å². The minimum Gasteiger partial charge on any atom is -0.390 e. The lowest BCUT2D eigenvalue weighted by Crippen LogP contribution is -1.87. The molecule has 2 aromatic rings. The van der Waals surface area contributed by atoms with Crippen molar-refractivity contribution in [2.24, 2.45) is 0 Å². The third-order valence-electron chi connectivity index (χ3n) is 1.99. The average molecular weight is 189 g/mol. The van der Waals surface area contributed by atoms with Gasteiger partial charge in [0.1, 0.15) is 0 Å². The second-order valence-corrected chi connectivity index (χ2v) is 3.07. The van der Waals surface area contributed by atoms with Gasteiger partial charge < -0.3 is 5.11 Å². The van der Waals surface area contributed by atoms with E-state index in [9.17, 15) is 0 Å². The highest BCUT2D eigenvalue weighted by molar-refractivity contribution is 5.19. The van der Waals surface area contributed by atoms with Gasteiger partial charge in [-0.05, 0) is 23.8 Å². The minimum absolute atomic E-state index is 0.00332. The lowest BCUT2D eigenvalue weighted by molar-refractivity contribution is 0.276. The largest absolute Gasteiger partial charge is 0.390 e. The Morgan fingerprint density at radius 2 is 2.07 bits per heavy atom. The Hall–Kier alpha value is -1.68. The highest BCUT2D eigenvalue weighted by atomic mass is 16.3. The zero-order chi connectivity index (χ0) is 9.80. The van der Waals surface area contributed by atoms with E-state index in [0.717, 1.165) is 23.4 Å². The summed E-state index contributed by atoms with van der Waals surface area (Å²) in [6.07, 6.45) is 4.28. The molecular weight excluding hydrogens is 178 g/mol. The Bertz CT molecular complexity index is 397. The fourth-order valence-corrected chi connectivity index (χ4v) is 1.29. The molecule has 0 bridgehead atoms. The molecule has 0 aromatic carbocycles. The summed E-state index contributed by atoms with van der Waals surface area (Å²) in [6.45, 7) is 0.00332. The van der Waals surface area contributed by atoms with Crippen molar-refractivity contribution in [1.29, 1.82) is 0 Å². The van der Waals surface area contributed by atoms with Crippen LogP contribution in [0.15, 0.2) is 30.6 Å². The molecule has 0 radical (unpaired) electrons. The van der Waals surface area contributed by atoms with Gasteiger partial charge in [-0.1, -0.05) is 0 Å². The van der Waals surface area contributed by atoms with Crippen LogP contribution in [-0.4, -0.2) is 20.3 Å². The first kappa shape index (κ1) is 8.90. The fourth-order valence-electron chi connectivity index (χ4n) is 1.29. The Balaban J connectivity index is 2.11. The first-order valence-electron chi connectivity index (χ1n) is 4.41. The van der Waals surface area contributed by atoms with Gasteiger partial charge in [-0.15, -0.1) is 0 Å². The smallest absolute Gasteiger partial charge is 0.0847 e. The van der Waals surface area contributed by atoms with E-state index in [1.165, 1.54) is 0 Å². The number of aromatic amines is 1. The summed E-state index contributed by atoms with van der Waals surface area (Å²) in [6, 6.07) is 5.76. The van der Waals surface area contributed by atoms with Gasteiger partial charge >= 0.3 is 0 Å². The molecule has 4 nitrogen and oxygen atoms in total. The number of H-pyrrole nitrogens is 1. The van der Waals surface area contributed by atoms with Gasteiger partial charge in [0.2, 0.25) is 0 Å². The maximum Gasteiger partial charge on any atom is 0.0847 e. The molecule has 2 heterocycles. The molecule has 0 unspecified atom stereocenters. The lowest BCUT2D eigenvalue weighted by atomic mass is 10.1. The van der Waals surface area contributed by atoms with Gasteiger partial charge in [-0.3, -0.25) is 10.1 Å². The second kappa shape index (κ2) is 4.02. The van der Waals surface area contributed by atoms with Crippen LogP contribution in [0.25, 0.3) is 0 Å². The number of nitrogens with one attached hydrogen (secondary N) is 1. The van der Waals surface area contributed by atoms with Crippen LogP contribution < -0.4 is 0 Å². The molecular formula is C10H11N3O. The Kier molecular flexibility index (Phi) is 2.55. The number of hydrogen-bond acceptors (Lipinski definition) is 3. The summed E-state index contributed by atoms with van der Waals surface area (Å²) in [5.74, 6) is 0. The summed E-state index contributed by atoms with van der Waals surface area (Å²) in [5, 5.41) is 15.7. The average Bonchev–Trinajstić information content (AvgIpc) is 2.67. The van der Waals surface area contributed by atoms with Crippen LogP contribution in [0, 0.1) is 0 Å². The number of pyridine rings is 1. The van der Waals surface area contributed by atoms with Crippen molar-refractivity contribution < 1.29 is 5.11 Å². The van der Waals surface area contributed by atoms with Crippen LogP contribution in [0.5, 0.6) is 0 Å². The molecule has 72 valence electrons. The number of aliphatic hydroxyl groups is 1. The normalized spacial score (nSPS) is 10.4. The standard InChI is InChI=1S/C10H11N3O/c14-7-10-6-9(12-13-10)5-8-1-3-11-4-2-8/h1-4,6,14H,5,7H2,(H,12,13). The van der Waals surface area contributed by atoms with Gasteiger partial charge in [0.25, 0.3) is 0 Å². The Morgan fingerprint density at radius 1 is 1.29 bits per heavy atom. The predicted molar refractivity (Wildman–Crippen MR) is 51.6 cm³/mol. The topological polar surface area (TPSA) is 61.8 Å². The van der Waals surface area contributed by atoms with Crippen molar-refractivity contribution in [3.63, 3.8) is 0 Å². The van der Waals surface area contributed by atoms with E-state index in [-0.39, 0.29) is 6.61 Å². The minimum atomic E-state index is 0.00332. The molecule has 2 aromatic heterocycles. The van der Waals surface area contributed by atoms with Crippen molar-refractivity contribution in [3.05, 3.63) is 47.5 Å². The molecule has 0 saturated heterocycles. The van der Waals surface area contributed by atoms with Gasteiger partial charge in [0.15, 0.2) is 0 Å². The van der Waals surface area contributed by atoms with E-state index in [0.29, 0.717) is 0 Å². The third-order valence-corrected chi connectivity index (χ3v) is 1.99. The monoisotopic (exact) mass is 189 g/mol. The number of hydrogen-bond donors (Lipinski definition) is 2. The number of nitrogens with zero attached hydrogens (tertiary/aromatic N) is 2. The van der Waals surface area contributed by atoms with Crippen LogP contribution >= 0.6 is 0 Å². The van der Waals surface area contributed by atoms with Crippen LogP contribution in [0.4, 0.5) is 0 Å². The van der Waals surface area contributed by atoms with Crippen molar-refractivity contribution >= 4 is 0 Å². The van der Waals surface area contributed by atoms with E-state index in [2.05, 4.69) is 15.2 Å². The lowest BCUT2D eigenvalue weighted by Gasteiger charge is -1.94. The van der Waals surface area contributed by atoms with Gasteiger partial charge in [-0.25, -0.2) is 0 Å². The molecule has 0 spiro atoms. The molecule has 2 N–H and O–H groups in total. The predicted octanol–water partition coefficient (Wildman–Crippen LogP) is 0.888. The summed E-state index contributed by atoms with van der Waals surface area (Å²) in [7, 11) is 0. The molecule has 0 amide bonds. The fraction of sp³-hybridized carbons (Fsp3) is 0.200. The summed E-state index contributed by atoms with van der Waals surface area (Å²) >= 11 is 0. The molecule has 0 aliphatic heterocycles. The Labute approximate surface area is 81.6 Å². The van der Waals surface area contributed by atoms with Gasteiger partial charge in [-0.2, -0.15) is 5.10 Å². The maximum absolute atomic E-state index is 8.84. The quantitative estimate of drug-likeness (QED) is 0.753. The van der Waals surface area contributed by atoms with Crippen molar-refractivity contribution in [2.75, 3.05) is 0 Å². The van der Waals surface area contributed by atoms with Gasteiger partial charge in [0, 0.05) is 18.8 Å². The number of aliphatic hydroxyl groups excluding tert-OH is 1. The molecule has 2 rings (SSSR count). The van der Waals surface area contributed by atoms with Crippen molar-refractivity contribution in [1.82, 2.24) is 15.2 Å². The van der Waals surface area contributed by atoms with Crippen LogP contribution in [-0.2, 0) is 13.0 Å². The third kappa shape index (κ3) is 1.97. The molecule has 4 heteroatoms. The van der Waals surface area contributed by atoms with Crippen molar-refractivity contribution in [3.8, 4) is 0 Å². The maximum atomic E-state index is 8.84. The van der Waals surface area contributed by atoms with E-state index in [1.54, 1.807) is 12.4 Å². The van der Waals surface area contributed by atoms with Crippen LogP contribution in [0.2, 0.25) is 0 Å². The van der Waals surface area contributed by atoms with Crippen molar-refractivity contribution in [2.45, 2.75) is 13.0 Å². The van der Waals surface area contributed by atoms with E-state index >= 15 is 0 Å². The molecule has 0 fully saturated rings. The molecule has 0 saturated carbocycles. The summed E-state index contributed by atoms with van der Waals surface area (Å²) in [4.78, 5) is 3.94.